The molecule has 0 aromatic heterocycles. The third-order valence-electron chi connectivity index (χ3n) is 5.15. The molecule has 0 aromatic rings. The molecule has 0 bridgehead atoms. The van der Waals surface area contributed by atoms with E-state index in [4.69, 9.17) is 0 Å². The lowest BCUT2D eigenvalue weighted by atomic mass is 9.53. The lowest BCUT2D eigenvalue weighted by Crippen LogP contribution is -2.49. The Morgan fingerprint density at radius 2 is 1.54 bits per heavy atom. The van der Waals surface area contributed by atoms with Crippen molar-refractivity contribution in [1.82, 2.24) is 0 Å². The average Bonchev–Trinajstić information content (AvgIpc) is 2.74. The first-order valence-corrected chi connectivity index (χ1v) is 5.83. The zero-order chi connectivity index (χ0) is 8.94. The second-order valence-corrected chi connectivity index (χ2v) is 5.35. The first-order chi connectivity index (χ1) is 6.29. The summed E-state index contributed by atoms with van der Waals surface area (Å²) in [5.41, 5.74) is 0.714. The van der Waals surface area contributed by atoms with Gasteiger partial charge in [0.05, 0.1) is 0 Å². The lowest BCUT2D eigenvalue weighted by Gasteiger charge is -2.49. The van der Waals surface area contributed by atoms with E-state index < -0.39 is 0 Å². The van der Waals surface area contributed by atoms with Gasteiger partial charge in [-0.25, -0.2) is 0 Å². The molecule has 3 rings (SSSR count). The molecule has 1 heteroatoms. The maximum Gasteiger partial charge on any atom is 0.139 e. The first kappa shape index (κ1) is 8.02. The summed E-state index contributed by atoms with van der Waals surface area (Å²) in [5, 5.41) is 0. The van der Waals surface area contributed by atoms with E-state index >= 15 is 0 Å². The van der Waals surface area contributed by atoms with Gasteiger partial charge in [0.15, 0.2) is 0 Å². The highest BCUT2D eigenvalue weighted by Crippen LogP contribution is 2.67. The van der Waals surface area contributed by atoms with E-state index in [2.05, 4.69) is 0 Å². The van der Waals surface area contributed by atoms with Crippen molar-refractivity contribution in [3.8, 4) is 0 Å². The first-order valence-electron chi connectivity index (χ1n) is 5.83. The lowest BCUT2D eigenvalue weighted by molar-refractivity contribution is -0.147. The Balaban J connectivity index is 1.98. The average molecular weight is 178 g/mol. The smallest absolute Gasteiger partial charge is 0.139 e. The van der Waals surface area contributed by atoms with Gasteiger partial charge in [-0.15, -0.1) is 0 Å². The standard InChI is InChI=1S/C12H18O/c13-10-4-9-12(10)8-3-7-11(12)5-1-2-6-11/h1-9H2/t12-/m0/s1. The molecule has 3 aliphatic rings. The van der Waals surface area contributed by atoms with E-state index in [0.717, 1.165) is 6.42 Å². The number of fused-ring (bicyclic) bond motifs is 1. The predicted octanol–water partition coefficient (Wildman–Crippen LogP) is 3.08. The van der Waals surface area contributed by atoms with Gasteiger partial charge in [0.1, 0.15) is 5.78 Å². The SMILES string of the molecule is O=C1CC[C@@]12CCCC21CCCC1. The van der Waals surface area contributed by atoms with E-state index in [-0.39, 0.29) is 5.41 Å². The molecule has 2 spiro atoms. The molecule has 3 fully saturated rings. The van der Waals surface area contributed by atoms with Crippen LogP contribution in [0, 0.1) is 10.8 Å². The highest BCUT2D eigenvalue weighted by molar-refractivity contribution is 5.91. The number of hydrogen-bond donors (Lipinski definition) is 0. The quantitative estimate of drug-likeness (QED) is 0.557. The van der Waals surface area contributed by atoms with Crippen molar-refractivity contribution in [3.05, 3.63) is 0 Å². The van der Waals surface area contributed by atoms with Crippen molar-refractivity contribution in [2.45, 2.75) is 57.8 Å². The highest BCUT2D eigenvalue weighted by atomic mass is 16.1. The minimum absolute atomic E-state index is 0.212. The Morgan fingerprint density at radius 3 is 2.08 bits per heavy atom. The van der Waals surface area contributed by atoms with Crippen molar-refractivity contribution in [2.24, 2.45) is 10.8 Å². The highest BCUT2D eigenvalue weighted by Gasteiger charge is 2.62. The fraction of sp³-hybridized carbons (Fsp3) is 0.917. The molecule has 0 aliphatic heterocycles. The van der Waals surface area contributed by atoms with E-state index in [0.29, 0.717) is 11.2 Å². The third-order valence-corrected chi connectivity index (χ3v) is 5.15. The summed E-state index contributed by atoms with van der Waals surface area (Å²) in [7, 11) is 0. The number of Topliss-reactive ketones (excluding diaryl/α,β-unsaturated/α-hetero) is 1. The van der Waals surface area contributed by atoms with Gasteiger partial charge in [0.25, 0.3) is 0 Å². The second kappa shape index (κ2) is 2.37. The largest absolute Gasteiger partial charge is 0.299 e. The van der Waals surface area contributed by atoms with E-state index in [1.165, 1.54) is 51.4 Å². The molecule has 1 nitrogen and oxygen atoms in total. The Bertz CT molecular complexity index is 244. The Hall–Kier alpha value is -0.330. The normalized spacial score (nSPS) is 41.7. The van der Waals surface area contributed by atoms with Gasteiger partial charge in [-0.1, -0.05) is 19.3 Å². The van der Waals surface area contributed by atoms with Crippen molar-refractivity contribution >= 4 is 5.78 Å². The third kappa shape index (κ3) is 0.769. The van der Waals surface area contributed by atoms with Gasteiger partial charge >= 0.3 is 0 Å². The molecule has 0 amide bonds. The fourth-order valence-corrected chi connectivity index (χ4v) is 4.37. The van der Waals surface area contributed by atoms with Crippen LogP contribution in [0.2, 0.25) is 0 Å². The van der Waals surface area contributed by atoms with E-state index in [1.54, 1.807) is 0 Å². The summed E-state index contributed by atoms with van der Waals surface area (Å²) in [5.74, 6) is 0.618. The number of hydrogen-bond acceptors (Lipinski definition) is 1. The van der Waals surface area contributed by atoms with Crippen molar-refractivity contribution in [1.29, 1.82) is 0 Å². The summed E-state index contributed by atoms with van der Waals surface area (Å²) in [4.78, 5) is 11.8. The molecule has 3 saturated carbocycles. The Labute approximate surface area is 79.9 Å². The maximum absolute atomic E-state index is 11.8. The number of carbonyl (C=O) groups excluding carboxylic acids is 1. The topological polar surface area (TPSA) is 17.1 Å². The summed E-state index contributed by atoms with van der Waals surface area (Å²) in [6, 6.07) is 0. The number of ketones is 1. The Kier molecular flexibility index (Phi) is 1.46. The Morgan fingerprint density at radius 1 is 0.846 bits per heavy atom. The summed E-state index contributed by atoms with van der Waals surface area (Å²) < 4.78 is 0. The van der Waals surface area contributed by atoms with Crippen LogP contribution in [0.5, 0.6) is 0 Å². The minimum atomic E-state index is 0.212. The summed E-state index contributed by atoms with van der Waals surface area (Å²) in [6.07, 6.45) is 11.5. The van der Waals surface area contributed by atoms with Gasteiger partial charge in [-0.3, -0.25) is 4.79 Å². The zero-order valence-electron chi connectivity index (χ0n) is 8.27. The molecule has 13 heavy (non-hydrogen) atoms. The van der Waals surface area contributed by atoms with Crippen LogP contribution in [0.15, 0.2) is 0 Å². The predicted molar refractivity (Wildman–Crippen MR) is 51.4 cm³/mol. The van der Waals surface area contributed by atoms with E-state index in [9.17, 15) is 4.79 Å². The molecule has 0 N–H and O–H groups in total. The molecule has 72 valence electrons. The molecule has 1 atom stereocenters. The molecule has 0 unspecified atom stereocenters. The zero-order valence-corrected chi connectivity index (χ0v) is 8.27. The van der Waals surface area contributed by atoms with Gasteiger partial charge < -0.3 is 0 Å². The fourth-order valence-electron chi connectivity index (χ4n) is 4.37. The van der Waals surface area contributed by atoms with Gasteiger partial charge in [-0.05, 0) is 37.5 Å². The summed E-state index contributed by atoms with van der Waals surface area (Å²) in [6.45, 7) is 0. The van der Waals surface area contributed by atoms with Crippen LogP contribution in [0.1, 0.15) is 57.8 Å². The van der Waals surface area contributed by atoms with Crippen molar-refractivity contribution < 1.29 is 4.79 Å². The van der Waals surface area contributed by atoms with Crippen molar-refractivity contribution in [2.75, 3.05) is 0 Å². The maximum atomic E-state index is 11.8. The monoisotopic (exact) mass is 178 g/mol. The molecule has 0 radical (unpaired) electrons. The minimum Gasteiger partial charge on any atom is -0.299 e. The van der Waals surface area contributed by atoms with Gasteiger partial charge in [0, 0.05) is 11.8 Å². The van der Waals surface area contributed by atoms with Crippen LogP contribution in [0.4, 0.5) is 0 Å². The van der Waals surface area contributed by atoms with Crippen molar-refractivity contribution in [3.63, 3.8) is 0 Å². The van der Waals surface area contributed by atoms with Crippen LogP contribution >= 0.6 is 0 Å². The van der Waals surface area contributed by atoms with Crippen LogP contribution in [-0.4, -0.2) is 5.78 Å². The van der Waals surface area contributed by atoms with Crippen LogP contribution in [-0.2, 0) is 4.79 Å². The second-order valence-electron chi connectivity index (χ2n) is 5.35. The molecular weight excluding hydrogens is 160 g/mol. The van der Waals surface area contributed by atoms with Crippen LogP contribution in [0.25, 0.3) is 0 Å². The van der Waals surface area contributed by atoms with E-state index in [1.807, 2.05) is 0 Å². The van der Waals surface area contributed by atoms with Gasteiger partial charge in [-0.2, -0.15) is 0 Å². The molecular formula is C12H18O. The molecule has 0 saturated heterocycles. The number of rotatable bonds is 0. The molecule has 3 aliphatic carbocycles. The molecule has 0 aromatic carbocycles. The molecule has 0 heterocycles. The summed E-state index contributed by atoms with van der Waals surface area (Å²) >= 11 is 0. The van der Waals surface area contributed by atoms with Crippen LogP contribution in [0.3, 0.4) is 0 Å². The van der Waals surface area contributed by atoms with Crippen LogP contribution < -0.4 is 0 Å². The number of carbonyl (C=O) groups is 1. The van der Waals surface area contributed by atoms with Gasteiger partial charge in [0.2, 0.25) is 0 Å².